The molecule has 0 aliphatic heterocycles. The van der Waals surface area contributed by atoms with Crippen LogP contribution in [0, 0.1) is 34.5 Å². The predicted molar refractivity (Wildman–Crippen MR) is 82.7 cm³/mol. The standard InChI is InChI=1S/C19H30O2/c1-18-9-7-13(20)11-12(18)3-4-14-15-5-6-17(21)19(15,2)10-8-16(14)18/h12,14-17,21H,3-11H2,1-2H3/t12-,14-,15+,16-,17+,18-,19+/m1/s1. The first-order valence-electron chi connectivity index (χ1n) is 9.15. The predicted octanol–water partition coefficient (Wildman–Crippen LogP) is 3.96. The minimum atomic E-state index is -0.0677. The maximum atomic E-state index is 11.9. The Bertz CT molecular complexity index is 458. The first-order valence-corrected chi connectivity index (χ1v) is 9.15. The molecule has 0 aromatic rings. The molecule has 0 amide bonds. The number of fused-ring (bicyclic) bond motifs is 5. The summed E-state index contributed by atoms with van der Waals surface area (Å²) in [6, 6.07) is 0. The van der Waals surface area contributed by atoms with Crippen molar-refractivity contribution in [1.82, 2.24) is 0 Å². The molecular weight excluding hydrogens is 260 g/mol. The van der Waals surface area contributed by atoms with Gasteiger partial charge in [0, 0.05) is 12.8 Å². The van der Waals surface area contributed by atoms with Gasteiger partial charge in [-0.2, -0.15) is 0 Å². The quantitative estimate of drug-likeness (QED) is 0.733. The van der Waals surface area contributed by atoms with Crippen LogP contribution >= 0.6 is 0 Å². The van der Waals surface area contributed by atoms with E-state index in [4.69, 9.17) is 0 Å². The van der Waals surface area contributed by atoms with Gasteiger partial charge in [0.15, 0.2) is 0 Å². The smallest absolute Gasteiger partial charge is 0.133 e. The Morgan fingerprint density at radius 2 is 1.71 bits per heavy atom. The van der Waals surface area contributed by atoms with Gasteiger partial charge in [-0.3, -0.25) is 4.79 Å². The van der Waals surface area contributed by atoms with E-state index >= 15 is 0 Å². The van der Waals surface area contributed by atoms with Crippen LogP contribution in [0.3, 0.4) is 0 Å². The summed E-state index contributed by atoms with van der Waals surface area (Å²) in [6.07, 6.45) is 10.0. The number of hydrogen-bond donors (Lipinski definition) is 1. The molecule has 0 unspecified atom stereocenters. The van der Waals surface area contributed by atoms with E-state index in [0.29, 0.717) is 17.1 Å². The molecule has 0 bridgehead atoms. The highest BCUT2D eigenvalue weighted by molar-refractivity contribution is 5.79. The van der Waals surface area contributed by atoms with Crippen LogP contribution in [-0.4, -0.2) is 17.0 Å². The van der Waals surface area contributed by atoms with Gasteiger partial charge in [-0.05, 0) is 79.4 Å². The van der Waals surface area contributed by atoms with Crippen molar-refractivity contribution in [3.63, 3.8) is 0 Å². The summed E-state index contributed by atoms with van der Waals surface area (Å²) in [5.41, 5.74) is 0.598. The summed E-state index contributed by atoms with van der Waals surface area (Å²) in [5.74, 6) is 3.52. The van der Waals surface area contributed by atoms with Gasteiger partial charge in [0.2, 0.25) is 0 Å². The maximum absolute atomic E-state index is 11.9. The largest absolute Gasteiger partial charge is 0.393 e. The van der Waals surface area contributed by atoms with Crippen LogP contribution in [0.15, 0.2) is 0 Å². The summed E-state index contributed by atoms with van der Waals surface area (Å²) in [6.45, 7) is 4.85. The Hall–Kier alpha value is -0.370. The molecule has 0 spiro atoms. The van der Waals surface area contributed by atoms with E-state index in [9.17, 15) is 9.90 Å². The van der Waals surface area contributed by atoms with Gasteiger partial charge in [-0.1, -0.05) is 13.8 Å². The van der Waals surface area contributed by atoms with Gasteiger partial charge in [0.05, 0.1) is 6.10 Å². The van der Waals surface area contributed by atoms with Crippen molar-refractivity contribution in [2.24, 2.45) is 34.5 Å². The van der Waals surface area contributed by atoms with Crippen molar-refractivity contribution in [2.45, 2.75) is 77.7 Å². The van der Waals surface area contributed by atoms with E-state index in [2.05, 4.69) is 13.8 Å². The number of hydrogen-bond acceptors (Lipinski definition) is 2. The van der Waals surface area contributed by atoms with Gasteiger partial charge in [-0.15, -0.1) is 0 Å². The maximum Gasteiger partial charge on any atom is 0.133 e. The molecule has 4 saturated carbocycles. The van der Waals surface area contributed by atoms with Crippen molar-refractivity contribution in [3.8, 4) is 0 Å². The number of Topliss-reactive ketones (excluding diaryl/α,β-unsaturated/α-hetero) is 1. The van der Waals surface area contributed by atoms with E-state index in [-0.39, 0.29) is 11.5 Å². The summed E-state index contributed by atoms with van der Waals surface area (Å²) in [5, 5.41) is 10.5. The SMILES string of the molecule is C[C@@]12CCC(=O)C[C@H]1CC[C@H]1[C@H]2CC[C@]2(C)[C@@H](O)CC[C@@H]12. The third-order valence-corrected chi connectivity index (χ3v) is 8.43. The lowest BCUT2D eigenvalue weighted by atomic mass is 9.45. The minimum absolute atomic E-state index is 0.0677. The summed E-state index contributed by atoms with van der Waals surface area (Å²) >= 11 is 0. The van der Waals surface area contributed by atoms with Crippen molar-refractivity contribution in [2.75, 3.05) is 0 Å². The molecule has 4 aliphatic rings. The van der Waals surface area contributed by atoms with E-state index < -0.39 is 0 Å². The molecule has 21 heavy (non-hydrogen) atoms. The monoisotopic (exact) mass is 290 g/mol. The third kappa shape index (κ3) is 1.84. The van der Waals surface area contributed by atoms with E-state index in [1.54, 1.807) is 0 Å². The van der Waals surface area contributed by atoms with Gasteiger partial charge in [0.25, 0.3) is 0 Å². The average molecular weight is 290 g/mol. The van der Waals surface area contributed by atoms with Crippen molar-refractivity contribution >= 4 is 5.78 Å². The molecule has 4 aliphatic carbocycles. The fourth-order valence-corrected chi connectivity index (χ4v) is 7.02. The van der Waals surface area contributed by atoms with Gasteiger partial charge in [0.1, 0.15) is 5.78 Å². The van der Waals surface area contributed by atoms with Crippen molar-refractivity contribution < 1.29 is 9.90 Å². The zero-order valence-corrected chi connectivity index (χ0v) is 13.6. The lowest BCUT2D eigenvalue weighted by Crippen LogP contribution is -2.54. The first-order chi connectivity index (χ1) is 9.95. The van der Waals surface area contributed by atoms with Crippen molar-refractivity contribution in [1.29, 1.82) is 0 Å². The highest BCUT2D eigenvalue weighted by atomic mass is 16.3. The topological polar surface area (TPSA) is 37.3 Å². The number of ketones is 1. The van der Waals surface area contributed by atoms with Crippen LogP contribution in [0.1, 0.15) is 71.6 Å². The summed E-state index contributed by atoms with van der Waals surface area (Å²) < 4.78 is 0. The molecule has 2 nitrogen and oxygen atoms in total. The lowest BCUT2D eigenvalue weighted by Gasteiger charge is -2.60. The Kier molecular flexibility index (Phi) is 3.10. The molecule has 4 rings (SSSR count). The van der Waals surface area contributed by atoms with Crippen LogP contribution < -0.4 is 0 Å². The van der Waals surface area contributed by atoms with Crippen LogP contribution in [0.5, 0.6) is 0 Å². The van der Waals surface area contributed by atoms with Gasteiger partial charge in [-0.25, -0.2) is 0 Å². The molecule has 0 radical (unpaired) electrons. The highest BCUT2D eigenvalue weighted by Crippen LogP contribution is 2.65. The number of carbonyl (C=O) groups excluding carboxylic acids is 1. The molecule has 7 atom stereocenters. The molecule has 0 heterocycles. The Labute approximate surface area is 128 Å². The van der Waals surface area contributed by atoms with Crippen LogP contribution in [-0.2, 0) is 4.79 Å². The second-order valence-electron chi connectivity index (χ2n) is 9.04. The molecule has 0 aromatic carbocycles. The molecule has 4 fully saturated rings. The van der Waals surface area contributed by atoms with Gasteiger partial charge < -0.3 is 5.11 Å². The number of rotatable bonds is 0. The zero-order chi connectivity index (χ0) is 14.8. The fourth-order valence-electron chi connectivity index (χ4n) is 7.02. The van der Waals surface area contributed by atoms with Gasteiger partial charge >= 0.3 is 0 Å². The average Bonchev–Trinajstić information content (AvgIpc) is 2.76. The molecule has 2 heteroatoms. The first kappa shape index (κ1) is 14.2. The molecule has 1 N–H and O–H groups in total. The zero-order valence-electron chi connectivity index (χ0n) is 13.6. The molecular formula is C19H30O2. The Morgan fingerprint density at radius 3 is 2.52 bits per heavy atom. The molecule has 0 aromatic heterocycles. The van der Waals surface area contributed by atoms with E-state index in [1.165, 1.54) is 32.1 Å². The molecule has 118 valence electrons. The summed E-state index contributed by atoms with van der Waals surface area (Å²) in [7, 11) is 0. The number of aliphatic hydroxyl groups excluding tert-OH is 1. The number of aliphatic hydroxyl groups is 1. The second-order valence-corrected chi connectivity index (χ2v) is 9.04. The van der Waals surface area contributed by atoms with Crippen molar-refractivity contribution in [3.05, 3.63) is 0 Å². The Balaban J connectivity index is 1.64. The van der Waals surface area contributed by atoms with Crippen LogP contribution in [0.25, 0.3) is 0 Å². The number of carbonyl (C=O) groups is 1. The second kappa shape index (κ2) is 4.57. The Morgan fingerprint density at radius 1 is 0.952 bits per heavy atom. The molecule has 0 saturated heterocycles. The van der Waals surface area contributed by atoms with E-state index in [0.717, 1.165) is 43.4 Å². The minimum Gasteiger partial charge on any atom is -0.393 e. The van der Waals surface area contributed by atoms with E-state index in [1.807, 2.05) is 0 Å². The fraction of sp³-hybridized carbons (Fsp3) is 0.947. The van der Waals surface area contributed by atoms with Crippen LogP contribution in [0.4, 0.5) is 0 Å². The summed E-state index contributed by atoms with van der Waals surface area (Å²) in [4.78, 5) is 11.9. The lowest BCUT2D eigenvalue weighted by molar-refractivity contribution is -0.141. The third-order valence-electron chi connectivity index (χ3n) is 8.43. The highest BCUT2D eigenvalue weighted by Gasteiger charge is 2.59. The normalized spacial score (nSPS) is 56.5. The van der Waals surface area contributed by atoms with Crippen LogP contribution in [0.2, 0.25) is 0 Å².